The van der Waals surface area contributed by atoms with Gasteiger partial charge in [0.25, 0.3) is 0 Å². The SMILES string of the molecule is CC(C)Cc1nc(-c2ccc(N)cc2)cnc1NC(=O)Cc1ccc2ccccc2c1. The molecule has 0 unspecified atom stereocenters. The molecule has 1 aromatic heterocycles. The number of nitrogen functional groups attached to an aromatic ring is 1. The van der Waals surface area contributed by atoms with Crippen molar-refractivity contribution < 1.29 is 4.79 Å². The maximum absolute atomic E-state index is 12.8. The van der Waals surface area contributed by atoms with E-state index in [0.717, 1.165) is 39.7 Å². The summed E-state index contributed by atoms with van der Waals surface area (Å²) in [5, 5.41) is 5.26. The molecule has 4 aromatic rings. The lowest BCUT2D eigenvalue weighted by Crippen LogP contribution is -2.18. The number of anilines is 2. The van der Waals surface area contributed by atoms with E-state index in [1.165, 1.54) is 0 Å². The average molecular weight is 411 g/mol. The lowest BCUT2D eigenvalue weighted by atomic mass is 10.0. The first kappa shape index (κ1) is 20.5. The quantitative estimate of drug-likeness (QED) is 0.425. The van der Waals surface area contributed by atoms with Crippen LogP contribution in [0, 0.1) is 5.92 Å². The van der Waals surface area contributed by atoms with Crippen LogP contribution in [0.3, 0.4) is 0 Å². The monoisotopic (exact) mass is 410 g/mol. The Balaban J connectivity index is 1.55. The van der Waals surface area contributed by atoms with Crippen LogP contribution in [0.4, 0.5) is 11.5 Å². The predicted octanol–water partition coefficient (Wildman–Crippen LogP) is 5.26. The Morgan fingerprint density at radius 3 is 2.48 bits per heavy atom. The molecular weight excluding hydrogens is 384 g/mol. The van der Waals surface area contributed by atoms with Crippen LogP contribution in [-0.4, -0.2) is 15.9 Å². The molecule has 0 bridgehead atoms. The van der Waals surface area contributed by atoms with Crippen LogP contribution in [0.1, 0.15) is 25.1 Å². The molecular formula is C26H26N4O. The first-order valence-electron chi connectivity index (χ1n) is 10.5. The van der Waals surface area contributed by atoms with Crippen molar-refractivity contribution in [3.8, 4) is 11.3 Å². The van der Waals surface area contributed by atoms with Gasteiger partial charge in [-0.2, -0.15) is 0 Å². The first-order valence-corrected chi connectivity index (χ1v) is 10.5. The predicted molar refractivity (Wildman–Crippen MR) is 127 cm³/mol. The van der Waals surface area contributed by atoms with Crippen LogP contribution in [0.25, 0.3) is 22.0 Å². The molecule has 0 aliphatic carbocycles. The number of carbonyl (C=O) groups excluding carboxylic acids is 1. The van der Waals surface area contributed by atoms with Crippen molar-refractivity contribution in [2.45, 2.75) is 26.7 Å². The molecule has 0 spiro atoms. The third-order valence-electron chi connectivity index (χ3n) is 5.09. The second-order valence-corrected chi connectivity index (χ2v) is 8.18. The lowest BCUT2D eigenvalue weighted by molar-refractivity contribution is -0.115. The van der Waals surface area contributed by atoms with Crippen molar-refractivity contribution in [3.05, 3.63) is 84.2 Å². The molecule has 31 heavy (non-hydrogen) atoms. The molecule has 0 atom stereocenters. The number of hydrogen-bond acceptors (Lipinski definition) is 4. The Bertz CT molecular complexity index is 1220. The molecule has 0 aliphatic heterocycles. The van der Waals surface area contributed by atoms with E-state index in [4.69, 9.17) is 10.7 Å². The maximum atomic E-state index is 12.8. The standard InChI is InChI=1S/C26H26N4O/c1-17(2)13-23-26(28-16-24(29-23)20-9-11-22(27)12-10-20)30-25(31)15-18-7-8-19-5-3-4-6-21(19)14-18/h3-12,14,16-17H,13,15,27H2,1-2H3,(H,28,30,31). The summed E-state index contributed by atoms with van der Waals surface area (Å²) in [5.74, 6) is 0.806. The molecule has 156 valence electrons. The van der Waals surface area contributed by atoms with Gasteiger partial charge in [-0.25, -0.2) is 9.97 Å². The van der Waals surface area contributed by atoms with Gasteiger partial charge in [-0.1, -0.05) is 68.4 Å². The third-order valence-corrected chi connectivity index (χ3v) is 5.09. The zero-order chi connectivity index (χ0) is 21.8. The molecule has 1 amide bonds. The van der Waals surface area contributed by atoms with Crippen molar-refractivity contribution >= 4 is 28.2 Å². The molecule has 0 saturated carbocycles. The number of nitrogens with zero attached hydrogens (tertiary/aromatic N) is 2. The second-order valence-electron chi connectivity index (χ2n) is 8.18. The van der Waals surface area contributed by atoms with Gasteiger partial charge in [0, 0.05) is 11.3 Å². The molecule has 3 aromatic carbocycles. The summed E-state index contributed by atoms with van der Waals surface area (Å²) in [7, 11) is 0. The zero-order valence-corrected chi connectivity index (χ0v) is 17.8. The number of benzene rings is 3. The highest BCUT2D eigenvalue weighted by molar-refractivity contribution is 5.93. The normalized spacial score (nSPS) is 11.1. The summed E-state index contributed by atoms with van der Waals surface area (Å²) in [6.45, 7) is 4.25. The van der Waals surface area contributed by atoms with Crippen molar-refractivity contribution in [2.75, 3.05) is 11.1 Å². The zero-order valence-electron chi connectivity index (χ0n) is 17.8. The summed E-state index contributed by atoms with van der Waals surface area (Å²) < 4.78 is 0. The minimum atomic E-state index is -0.102. The Morgan fingerprint density at radius 1 is 1.00 bits per heavy atom. The summed E-state index contributed by atoms with van der Waals surface area (Å²) in [4.78, 5) is 22.1. The van der Waals surface area contributed by atoms with Gasteiger partial charge >= 0.3 is 0 Å². The molecule has 3 N–H and O–H groups in total. The summed E-state index contributed by atoms with van der Waals surface area (Å²) >= 11 is 0. The van der Waals surface area contributed by atoms with Crippen LogP contribution in [0.2, 0.25) is 0 Å². The van der Waals surface area contributed by atoms with Crippen molar-refractivity contribution in [1.82, 2.24) is 9.97 Å². The fourth-order valence-electron chi connectivity index (χ4n) is 3.56. The molecule has 5 nitrogen and oxygen atoms in total. The van der Waals surface area contributed by atoms with Gasteiger partial charge in [0.15, 0.2) is 5.82 Å². The molecule has 0 fully saturated rings. The van der Waals surface area contributed by atoms with Crippen molar-refractivity contribution in [1.29, 1.82) is 0 Å². The van der Waals surface area contributed by atoms with E-state index >= 15 is 0 Å². The van der Waals surface area contributed by atoms with Crippen LogP contribution < -0.4 is 11.1 Å². The van der Waals surface area contributed by atoms with E-state index in [1.54, 1.807) is 6.20 Å². The average Bonchev–Trinajstić information content (AvgIpc) is 2.75. The van der Waals surface area contributed by atoms with E-state index in [2.05, 4.69) is 42.3 Å². The molecule has 0 aliphatic rings. The summed E-state index contributed by atoms with van der Waals surface area (Å²) in [6.07, 6.45) is 2.70. The Kier molecular flexibility index (Phi) is 5.94. The number of fused-ring (bicyclic) bond motifs is 1. The highest BCUT2D eigenvalue weighted by Crippen LogP contribution is 2.23. The van der Waals surface area contributed by atoms with Gasteiger partial charge in [-0.3, -0.25) is 4.79 Å². The van der Waals surface area contributed by atoms with Crippen LogP contribution >= 0.6 is 0 Å². The smallest absolute Gasteiger partial charge is 0.229 e. The Hall–Kier alpha value is -3.73. The topological polar surface area (TPSA) is 80.9 Å². The summed E-state index contributed by atoms with van der Waals surface area (Å²) in [5.41, 5.74) is 9.96. The van der Waals surface area contributed by atoms with Gasteiger partial charge < -0.3 is 11.1 Å². The maximum Gasteiger partial charge on any atom is 0.229 e. The fraction of sp³-hybridized carbons (Fsp3) is 0.192. The Labute approximate surface area is 182 Å². The van der Waals surface area contributed by atoms with Crippen molar-refractivity contribution in [3.63, 3.8) is 0 Å². The van der Waals surface area contributed by atoms with E-state index in [1.807, 2.05) is 48.5 Å². The third kappa shape index (κ3) is 5.07. The highest BCUT2D eigenvalue weighted by atomic mass is 16.1. The van der Waals surface area contributed by atoms with E-state index < -0.39 is 0 Å². The number of amides is 1. The molecule has 4 rings (SSSR count). The second kappa shape index (κ2) is 8.96. The lowest BCUT2D eigenvalue weighted by Gasteiger charge is -2.13. The van der Waals surface area contributed by atoms with E-state index in [-0.39, 0.29) is 12.3 Å². The highest BCUT2D eigenvalue weighted by Gasteiger charge is 2.14. The number of nitrogens with one attached hydrogen (secondary N) is 1. The largest absolute Gasteiger partial charge is 0.399 e. The van der Waals surface area contributed by atoms with Crippen molar-refractivity contribution in [2.24, 2.45) is 5.92 Å². The molecule has 5 heteroatoms. The molecule has 0 radical (unpaired) electrons. The van der Waals surface area contributed by atoms with Crippen LogP contribution in [-0.2, 0) is 17.6 Å². The number of carbonyl (C=O) groups is 1. The first-order chi connectivity index (χ1) is 15.0. The number of rotatable bonds is 6. The summed E-state index contributed by atoms with van der Waals surface area (Å²) in [6, 6.07) is 21.8. The minimum Gasteiger partial charge on any atom is -0.399 e. The Morgan fingerprint density at radius 2 is 1.74 bits per heavy atom. The minimum absolute atomic E-state index is 0.102. The van der Waals surface area contributed by atoms with E-state index in [0.29, 0.717) is 17.4 Å². The van der Waals surface area contributed by atoms with Crippen LogP contribution in [0.5, 0.6) is 0 Å². The number of hydrogen-bond donors (Lipinski definition) is 2. The fourth-order valence-corrected chi connectivity index (χ4v) is 3.56. The molecule has 0 saturated heterocycles. The number of aromatic nitrogens is 2. The van der Waals surface area contributed by atoms with Gasteiger partial charge in [-0.15, -0.1) is 0 Å². The van der Waals surface area contributed by atoms with E-state index in [9.17, 15) is 4.79 Å². The number of nitrogens with two attached hydrogens (primary N) is 1. The van der Waals surface area contributed by atoms with Gasteiger partial charge in [0.1, 0.15) is 0 Å². The van der Waals surface area contributed by atoms with Gasteiger partial charge in [0.2, 0.25) is 5.91 Å². The van der Waals surface area contributed by atoms with Crippen LogP contribution in [0.15, 0.2) is 72.9 Å². The van der Waals surface area contributed by atoms with Gasteiger partial charge in [0.05, 0.1) is 24.0 Å². The molecule has 1 heterocycles. The van der Waals surface area contributed by atoms with Gasteiger partial charge in [-0.05, 0) is 40.8 Å².